The lowest BCUT2D eigenvalue weighted by molar-refractivity contribution is -0.125. The maximum atomic E-state index is 12.4. The van der Waals surface area contributed by atoms with Gasteiger partial charge in [0.25, 0.3) is 11.5 Å². The Bertz CT molecular complexity index is 1060. The first-order valence-corrected chi connectivity index (χ1v) is 8.56. The molecule has 1 aliphatic rings. The number of amides is 1. The first-order chi connectivity index (χ1) is 12.1. The number of thiophene rings is 1. The molecule has 1 unspecified atom stereocenters. The molecule has 1 amide bonds. The standard InChI is InChI=1S/C16H11ClN4O3S/c17-14-4-3-13(25-14)11-6-12(24-21-11)16(23)20-8-1-2-10-9(5-8)15(22)19-7-18-10/h1-5,7,12H,6H2,(H,20,23)(H,18,19,22). The van der Waals surface area contributed by atoms with E-state index in [1.807, 2.05) is 6.07 Å². The van der Waals surface area contributed by atoms with Crippen LogP contribution in [0.2, 0.25) is 4.34 Å². The molecule has 1 aliphatic heterocycles. The van der Waals surface area contributed by atoms with Crippen molar-refractivity contribution in [2.24, 2.45) is 5.16 Å². The summed E-state index contributed by atoms with van der Waals surface area (Å²) in [6.45, 7) is 0. The molecule has 25 heavy (non-hydrogen) atoms. The lowest BCUT2D eigenvalue weighted by Gasteiger charge is -2.09. The van der Waals surface area contributed by atoms with Crippen LogP contribution in [0.5, 0.6) is 0 Å². The van der Waals surface area contributed by atoms with Gasteiger partial charge in [-0.15, -0.1) is 11.3 Å². The van der Waals surface area contributed by atoms with Crippen LogP contribution in [0, 0.1) is 0 Å². The van der Waals surface area contributed by atoms with E-state index in [0.29, 0.717) is 33.1 Å². The summed E-state index contributed by atoms with van der Waals surface area (Å²) >= 11 is 7.30. The monoisotopic (exact) mass is 374 g/mol. The first-order valence-electron chi connectivity index (χ1n) is 7.37. The minimum atomic E-state index is -0.723. The van der Waals surface area contributed by atoms with Crippen LogP contribution in [0.15, 0.2) is 46.6 Å². The molecule has 7 nitrogen and oxygen atoms in total. The maximum absolute atomic E-state index is 12.4. The van der Waals surface area contributed by atoms with Gasteiger partial charge in [0.2, 0.25) is 6.10 Å². The van der Waals surface area contributed by atoms with Gasteiger partial charge in [-0.25, -0.2) is 4.98 Å². The molecule has 0 spiro atoms. The van der Waals surface area contributed by atoms with E-state index in [-0.39, 0.29) is 11.5 Å². The number of hydrogen-bond acceptors (Lipinski definition) is 6. The summed E-state index contributed by atoms with van der Waals surface area (Å²) in [5, 5.41) is 7.11. The number of carbonyl (C=O) groups is 1. The fourth-order valence-corrected chi connectivity index (χ4v) is 3.54. The van der Waals surface area contributed by atoms with Gasteiger partial charge in [0.1, 0.15) is 5.71 Å². The Morgan fingerprint density at radius 1 is 1.36 bits per heavy atom. The van der Waals surface area contributed by atoms with Crippen molar-refractivity contribution in [2.45, 2.75) is 12.5 Å². The summed E-state index contributed by atoms with van der Waals surface area (Å²) in [5.74, 6) is -0.332. The van der Waals surface area contributed by atoms with Gasteiger partial charge < -0.3 is 15.1 Å². The topological polar surface area (TPSA) is 96.4 Å². The molecule has 3 aromatic rings. The lowest BCUT2D eigenvalue weighted by atomic mass is 10.1. The average Bonchev–Trinajstić information content (AvgIpc) is 3.24. The second-order valence-electron chi connectivity index (χ2n) is 5.39. The SMILES string of the molecule is O=C(Nc1ccc2nc[nH]c(=O)c2c1)C1CC(c2ccc(Cl)s2)=NO1. The molecule has 3 heterocycles. The minimum Gasteiger partial charge on any atom is -0.382 e. The van der Waals surface area contributed by atoms with E-state index >= 15 is 0 Å². The second-order valence-corrected chi connectivity index (χ2v) is 7.11. The van der Waals surface area contributed by atoms with Gasteiger partial charge in [-0.2, -0.15) is 0 Å². The van der Waals surface area contributed by atoms with Crippen LogP contribution < -0.4 is 10.9 Å². The summed E-state index contributed by atoms with van der Waals surface area (Å²) in [5.41, 5.74) is 1.47. The number of halogens is 1. The number of carbonyl (C=O) groups excluding carboxylic acids is 1. The van der Waals surface area contributed by atoms with Gasteiger partial charge in [0.15, 0.2) is 0 Å². The van der Waals surface area contributed by atoms with Crippen molar-refractivity contribution in [3.05, 3.63) is 56.2 Å². The van der Waals surface area contributed by atoms with Gasteiger partial charge >= 0.3 is 0 Å². The fraction of sp³-hybridized carbons (Fsp3) is 0.125. The zero-order valence-corrected chi connectivity index (χ0v) is 14.2. The third kappa shape index (κ3) is 3.13. The summed E-state index contributed by atoms with van der Waals surface area (Å²) < 4.78 is 0.653. The lowest BCUT2D eigenvalue weighted by Crippen LogP contribution is -2.28. The Morgan fingerprint density at radius 2 is 2.24 bits per heavy atom. The number of anilines is 1. The molecule has 0 fully saturated rings. The molecule has 0 bridgehead atoms. The van der Waals surface area contributed by atoms with Crippen molar-refractivity contribution in [1.29, 1.82) is 0 Å². The highest BCUT2D eigenvalue weighted by atomic mass is 35.5. The summed E-state index contributed by atoms with van der Waals surface area (Å²) in [6.07, 6.45) is 0.974. The number of nitrogens with zero attached hydrogens (tertiary/aromatic N) is 2. The average molecular weight is 375 g/mol. The molecule has 1 aromatic carbocycles. The van der Waals surface area contributed by atoms with Crippen molar-refractivity contribution in [3.63, 3.8) is 0 Å². The van der Waals surface area contributed by atoms with Crippen LogP contribution in [-0.2, 0) is 9.63 Å². The van der Waals surface area contributed by atoms with E-state index in [0.717, 1.165) is 4.88 Å². The number of hydrogen-bond donors (Lipinski definition) is 2. The van der Waals surface area contributed by atoms with E-state index in [2.05, 4.69) is 20.4 Å². The fourth-order valence-electron chi connectivity index (χ4n) is 2.50. The molecule has 2 aromatic heterocycles. The number of fused-ring (bicyclic) bond motifs is 1. The van der Waals surface area contributed by atoms with E-state index in [1.165, 1.54) is 17.7 Å². The predicted molar refractivity (Wildman–Crippen MR) is 96.3 cm³/mol. The number of benzene rings is 1. The van der Waals surface area contributed by atoms with Crippen LogP contribution >= 0.6 is 22.9 Å². The number of aromatic amines is 1. The molecule has 0 radical (unpaired) electrons. The molecule has 1 atom stereocenters. The van der Waals surface area contributed by atoms with Crippen molar-refractivity contribution >= 4 is 51.1 Å². The molecular weight excluding hydrogens is 364 g/mol. The quantitative estimate of drug-likeness (QED) is 0.736. The predicted octanol–water partition coefficient (Wildman–Crippen LogP) is 2.77. The Labute approximate surface area is 150 Å². The van der Waals surface area contributed by atoms with Crippen LogP contribution in [0.1, 0.15) is 11.3 Å². The zero-order valence-electron chi connectivity index (χ0n) is 12.7. The second kappa shape index (κ2) is 6.30. The Balaban J connectivity index is 1.48. The van der Waals surface area contributed by atoms with E-state index < -0.39 is 6.10 Å². The van der Waals surface area contributed by atoms with Gasteiger partial charge in [0.05, 0.1) is 26.4 Å². The molecule has 0 aliphatic carbocycles. The Hall–Kier alpha value is -2.71. The van der Waals surface area contributed by atoms with Gasteiger partial charge in [-0.3, -0.25) is 9.59 Å². The molecule has 0 saturated carbocycles. The van der Waals surface area contributed by atoms with Gasteiger partial charge in [-0.1, -0.05) is 16.8 Å². The number of oxime groups is 1. The number of aromatic nitrogens is 2. The summed E-state index contributed by atoms with van der Waals surface area (Å²) in [6, 6.07) is 8.55. The summed E-state index contributed by atoms with van der Waals surface area (Å²) in [7, 11) is 0. The van der Waals surface area contributed by atoms with E-state index in [1.54, 1.807) is 24.3 Å². The molecular formula is C16H11ClN4O3S. The highest BCUT2D eigenvalue weighted by Gasteiger charge is 2.29. The molecule has 4 rings (SSSR count). The molecule has 126 valence electrons. The largest absolute Gasteiger partial charge is 0.382 e. The molecule has 2 N–H and O–H groups in total. The first kappa shape index (κ1) is 15.8. The molecule has 0 saturated heterocycles. The van der Waals surface area contributed by atoms with Crippen molar-refractivity contribution in [1.82, 2.24) is 9.97 Å². The van der Waals surface area contributed by atoms with E-state index in [9.17, 15) is 9.59 Å². The third-order valence-electron chi connectivity index (χ3n) is 3.73. The van der Waals surface area contributed by atoms with Crippen molar-refractivity contribution in [2.75, 3.05) is 5.32 Å². The smallest absolute Gasteiger partial charge is 0.268 e. The highest BCUT2D eigenvalue weighted by Crippen LogP contribution is 2.27. The van der Waals surface area contributed by atoms with E-state index in [4.69, 9.17) is 16.4 Å². The van der Waals surface area contributed by atoms with Gasteiger partial charge in [0, 0.05) is 12.1 Å². The Morgan fingerprint density at radius 3 is 3.04 bits per heavy atom. The third-order valence-corrected chi connectivity index (χ3v) is 5.01. The summed E-state index contributed by atoms with van der Waals surface area (Å²) in [4.78, 5) is 36.9. The van der Waals surface area contributed by atoms with Crippen LogP contribution in [0.3, 0.4) is 0 Å². The maximum Gasteiger partial charge on any atom is 0.268 e. The van der Waals surface area contributed by atoms with Gasteiger partial charge in [-0.05, 0) is 30.3 Å². The van der Waals surface area contributed by atoms with Crippen LogP contribution in [0.25, 0.3) is 10.9 Å². The minimum absolute atomic E-state index is 0.265. The van der Waals surface area contributed by atoms with Crippen molar-refractivity contribution in [3.8, 4) is 0 Å². The zero-order chi connectivity index (χ0) is 17.4. The number of nitrogens with one attached hydrogen (secondary N) is 2. The normalized spacial score (nSPS) is 16.5. The van der Waals surface area contributed by atoms with Crippen molar-refractivity contribution < 1.29 is 9.63 Å². The Kier molecular flexibility index (Phi) is 3.98. The van der Waals surface area contributed by atoms with Crippen LogP contribution in [0.4, 0.5) is 5.69 Å². The molecule has 9 heteroatoms. The number of rotatable bonds is 3. The highest BCUT2D eigenvalue weighted by molar-refractivity contribution is 7.18. The van der Waals surface area contributed by atoms with Crippen LogP contribution in [-0.4, -0.2) is 27.7 Å². The number of H-pyrrole nitrogens is 1.